The molecular formula is C14H29NO. The molecular weight excluding hydrogens is 198 g/mol. The van der Waals surface area contributed by atoms with Gasteiger partial charge in [-0.2, -0.15) is 0 Å². The van der Waals surface area contributed by atoms with Gasteiger partial charge in [0, 0.05) is 12.6 Å². The average Bonchev–Trinajstić information content (AvgIpc) is 2.28. The fourth-order valence-electron chi connectivity index (χ4n) is 2.77. The highest BCUT2D eigenvalue weighted by molar-refractivity contribution is 4.81. The smallest absolute Gasteiger partial charge is 0.0434 e. The lowest BCUT2D eigenvalue weighted by Crippen LogP contribution is -2.41. The minimum atomic E-state index is 0.330. The summed E-state index contributed by atoms with van der Waals surface area (Å²) in [5, 5.41) is 12.7. The Balaban J connectivity index is 2.28. The van der Waals surface area contributed by atoms with Crippen LogP contribution in [-0.2, 0) is 0 Å². The summed E-state index contributed by atoms with van der Waals surface area (Å²) in [4.78, 5) is 0. The lowest BCUT2D eigenvalue weighted by atomic mass is 9.80. The summed E-state index contributed by atoms with van der Waals surface area (Å²) in [7, 11) is 0. The van der Waals surface area contributed by atoms with E-state index in [-0.39, 0.29) is 0 Å². The van der Waals surface area contributed by atoms with Gasteiger partial charge in [0.05, 0.1) is 0 Å². The topological polar surface area (TPSA) is 32.3 Å². The van der Waals surface area contributed by atoms with Crippen molar-refractivity contribution in [1.82, 2.24) is 5.32 Å². The molecule has 1 fully saturated rings. The van der Waals surface area contributed by atoms with Crippen LogP contribution in [0.3, 0.4) is 0 Å². The third kappa shape index (κ3) is 4.42. The molecule has 0 aromatic heterocycles. The second-order valence-corrected chi connectivity index (χ2v) is 5.70. The number of rotatable bonds is 6. The first-order valence-corrected chi connectivity index (χ1v) is 7.01. The lowest BCUT2D eigenvalue weighted by Gasteiger charge is -2.34. The predicted octanol–water partition coefficient (Wildman–Crippen LogP) is 2.81. The van der Waals surface area contributed by atoms with Gasteiger partial charge in [0.25, 0.3) is 0 Å². The molecule has 1 rings (SSSR count). The third-order valence-corrected chi connectivity index (χ3v) is 4.24. The highest BCUT2D eigenvalue weighted by atomic mass is 16.3. The Hall–Kier alpha value is -0.0800. The van der Waals surface area contributed by atoms with Crippen LogP contribution < -0.4 is 5.32 Å². The molecule has 2 nitrogen and oxygen atoms in total. The van der Waals surface area contributed by atoms with E-state index in [0.717, 1.165) is 24.8 Å². The molecule has 0 spiro atoms. The minimum absolute atomic E-state index is 0.330. The first-order chi connectivity index (χ1) is 7.67. The molecule has 4 unspecified atom stereocenters. The summed E-state index contributed by atoms with van der Waals surface area (Å²) in [5.41, 5.74) is 0. The maximum Gasteiger partial charge on any atom is 0.0434 e. The van der Waals surface area contributed by atoms with E-state index < -0.39 is 0 Å². The molecule has 2 heteroatoms. The van der Waals surface area contributed by atoms with Crippen molar-refractivity contribution in [2.24, 2.45) is 17.8 Å². The van der Waals surface area contributed by atoms with Crippen LogP contribution in [0.5, 0.6) is 0 Å². The number of aliphatic hydroxyl groups is 1. The number of hydrogen-bond acceptors (Lipinski definition) is 2. The summed E-state index contributed by atoms with van der Waals surface area (Å²) in [5.74, 6) is 2.35. The van der Waals surface area contributed by atoms with Gasteiger partial charge in [-0.3, -0.25) is 0 Å². The van der Waals surface area contributed by atoms with Crippen molar-refractivity contribution in [3.8, 4) is 0 Å². The Labute approximate surface area is 101 Å². The second kappa shape index (κ2) is 7.29. The van der Waals surface area contributed by atoms with Gasteiger partial charge in [-0.25, -0.2) is 0 Å². The summed E-state index contributed by atoms with van der Waals surface area (Å²) >= 11 is 0. The monoisotopic (exact) mass is 227 g/mol. The molecule has 0 aromatic rings. The van der Waals surface area contributed by atoms with Crippen LogP contribution in [-0.4, -0.2) is 24.3 Å². The van der Waals surface area contributed by atoms with E-state index in [1.165, 1.54) is 25.7 Å². The fourth-order valence-corrected chi connectivity index (χ4v) is 2.77. The fraction of sp³-hybridized carbons (Fsp3) is 1.00. The number of hydrogen-bond donors (Lipinski definition) is 2. The van der Waals surface area contributed by atoms with Gasteiger partial charge >= 0.3 is 0 Å². The van der Waals surface area contributed by atoms with Crippen LogP contribution in [0.1, 0.15) is 52.9 Å². The first kappa shape index (κ1) is 14.0. The predicted molar refractivity (Wildman–Crippen MR) is 69.5 cm³/mol. The Bertz CT molecular complexity index is 184. The Morgan fingerprint density at radius 3 is 2.69 bits per heavy atom. The van der Waals surface area contributed by atoms with Gasteiger partial charge in [0.15, 0.2) is 0 Å². The molecule has 1 saturated carbocycles. The first-order valence-electron chi connectivity index (χ1n) is 7.01. The van der Waals surface area contributed by atoms with Crippen molar-refractivity contribution in [3.63, 3.8) is 0 Å². The van der Waals surface area contributed by atoms with Crippen LogP contribution >= 0.6 is 0 Å². The number of nitrogens with one attached hydrogen (secondary N) is 1. The third-order valence-electron chi connectivity index (χ3n) is 4.24. The quantitative estimate of drug-likeness (QED) is 0.731. The molecule has 0 amide bonds. The van der Waals surface area contributed by atoms with Gasteiger partial charge in [0.2, 0.25) is 0 Å². The van der Waals surface area contributed by atoms with Crippen LogP contribution in [0.15, 0.2) is 0 Å². The van der Waals surface area contributed by atoms with E-state index in [2.05, 4.69) is 26.1 Å². The highest BCUT2D eigenvalue weighted by Crippen LogP contribution is 2.28. The molecule has 1 aliphatic rings. The van der Waals surface area contributed by atoms with Gasteiger partial charge in [-0.1, -0.05) is 33.6 Å². The van der Waals surface area contributed by atoms with E-state index >= 15 is 0 Å². The molecule has 0 bridgehead atoms. The van der Waals surface area contributed by atoms with Crippen molar-refractivity contribution < 1.29 is 5.11 Å². The van der Waals surface area contributed by atoms with Crippen molar-refractivity contribution in [3.05, 3.63) is 0 Å². The van der Waals surface area contributed by atoms with Crippen molar-refractivity contribution in [1.29, 1.82) is 0 Å². The van der Waals surface area contributed by atoms with Crippen LogP contribution in [0.4, 0.5) is 0 Å². The van der Waals surface area contributed by atoms with E-state index in [4.69, 9.17) is 5.11 Å². The molecule has 1 aliphatic carbocycles. The molecule has 16 heavy (non-hydrogen) atoms. The normalized spacial score (nSPS) is 32.6. The lowest BCUT2D eigenvalue weighted by molar-refractivity contribution is 0.206. The van der Waals surface area contributed by atoms with Gasteiger partial charge in [-0.05, 0) is 43.6 Å². The van der Waals surface area contributed by atoms with E-state index in [9.17, 15) is 0 Å². The Kier molecular flexibility index (Phi) is 6.37. The maximum atomic E-state index is 8.97. The van der Waals surface area contributed by atoms with Crippen LogP contribution in [0.25, 0.3) is 0 Å². The molecule has 0 aliphatic heterocycles. The van der Waals surface area contributed by atoms with Crippen molar-refractivity contribution in [2.45, 2.75) is 58.9 Å². The largest absolute Gasteiger partial charge is 0.396 e. The molecule has 2 N–H and O–H groups in total. The van der Waals surface area contributed by atoms with Gasteiger partial charge < -0.3 is 10.4 Å². The van der Waals surface area contributed by atoms with Gasteiger partial charge in [-0.15, -0.1) is 0 Å². The van der Waals surface area contributed by atoms with E-state index in [1.54, 1.807) is 0 Å². The zero-order valence-corrected chi connectivity index (χ0v) is 11.2. The Morgan fingerprint density at radius 2 is 2.06 bits per heavy atom. The summed E-state index contributed by atoms with van der Waals surface area (Å²) in [6.07, 6.45) is 6.21. The molecule has 4 atom stereocenters. The SMILES string of the molecule is CCC(CCO)CNC1CC(C)CCC1C. The van der Waals surface area contributed by atoms with E-state index in [0.29, 0.717) is 18.6 Å². The zero-order chi connectivity index (χ0) is 12.0. The summed E-state index contributed by atoms with van der Waals surface area (Å²) < 4.78 is 0. The highest BCUT2D eigenvalue weighted by Gasteiger charge is 2.25. The maximum absolute atomic E-state index is 8.97. The Morgan fingerprint density at radius 1 is 1.31 bits per heavy atom. The summed E-state index contributed by atoms with van der Waals surface area (Å²) in [6, 6.07) is 0.705. The van der Waals surface area contributed by atoms with Crippen LogP contribution in [0.2, 0.25) is 0 Å². The van der Waals surface area contributed by atoms with Crippen molar-refractivity contribution in [2.75, 3.05) is 13.2 Å². The van der Waals surface area contributed by atoms with E-state index in [1.807, 2.05) is 0 Å². The minimum Gasteiger partial charge on any atom is -0.396 e. The zero-order valence-electron chi connectivity index (χ0n) is 11.2. The number of aliphatic hydroxyl groups excluding tert-OH is 1. The van der Waals surface area contributed by atoms with Crippen molar-refractivity contribution >= 4 is 0 Å². The molecule has 0 radical (unpaired) electrons. The summed E-state index contributed by atoms with van der Waals surface area (Å²) in [6.45, 7) is 8.37. The molecule has 0 saturated heterocycles. The average molecular weight is 227 g/mol. The molecule has 96 valence electrons. The van der Waals surface area contributed by atoms with Crippen LogP contribution in [0, 0.1) is 17.8 Å². The molecule has 0 aromatic carbocycles. The molecule has 0 heterocycles. The standard InChI is InChI=1S/C14H29NO/c1-4-13(7-8-16)10-15-14-9-11(2)5-6-12(14)3/h11-16H,4-10H2,1-3H3. The van der Waals surface area contributed by atoms with Gasteiger partial charge in [0.1, 0.15) is 0 Å². The second-order valence-electron chi connectivity index (χ2n) is 5.70.